The number of nitrogens with zero attached hydrogens (tertiary/aromatic N) is 1. The number of quaternary nitrogens is 1. The molecule has 510 valence electrons. The van der Waals surface area contributed by atoms with E-state index in [1.807, 2.05) is 21.1 Å². The molecule has 0 saturated heterocycles. The highest BCUT2D eigenvalue weighted by molar-refractivity contribution is 7.45. The summed E-state index contributed by atoms with van der Waals surface area (Å²) in [6.07, 6.45) is 104. The predicted octanol–water partition coefficient (Wildman–Crippen LogP) is 23.1. The fourth-order valence-electron chi connectivity index (χ4n) is 9.32. The Morgan fingerprint density at radius 1 is 0.344 bits per heavy atom. The lowest BCUT2D eigenvalue weighted by atomic mass is 10.0. The van der Waals surface area contributed by atoms with Crippen molar-refractivity contribution in [1.82, 2.24) is 0 Å². The van der Waals surface area contributed by atoms with Crippen molar-refractivity contribution in [2.75, 3.05) is 47.5 Å². The quantitative estimate of drug-likeness (QED) is 0.0195. The minimum Gasteiger partial charge on any atom is -0.756 e. The fourth-order valence-corrected chi connectivity index (χ4v) is 10.1. The Morgan fingerprint density at radius 3 is 0.900 bits per heavy atom. The third-order valence-electron chi connectivity index (χ3n) is 14.7. The molecule has 0 aromatic carbocycles. The number of allylic oxidation sites excluding steroid dienone is 28. The molecule has 0 radical (unpaired) electrons. The first kappa shape index (κ1) is 85.4. The maximum atomic E-state index is 12.9. The lowest BCUT2D eigenvalue weighted by Crippen LogP contribution is -2.37. The SMILES string of the molecule is CC/C=C\C/C=C\C/C=C\C/C=C\C/C=C\C/C=C\C/C=C\C/C=C\C/C=C\CCCCCC(=O)OC(COC(=O)CCCCCCCCCCCCCCCCCCCCC/C=C\C/C=C\C/C=C\C/C=C\C/C=C\CC)COP(=O)([O-])OCC[N+](C)(C)C. The smallest absolute Gasteiger partial charge is 0.306 e. The Kier molecular flexibility index (Phi) is 65.2. The number of ether oxygens (including phenoxy) is 2. The second-order valence-electron chi connectivity index (χ2n) is 24.5. The largest absolute Gasteiger partial charge is 0.756 e. The summed E-state index contributed by atoms with van der Waals surface area (Å²) >= 11 is 0. The van der Waals surface area contributed by atoms with Crippen molar-refractivity contribution in [3.05, 3.63) is 170 Å². The van der Waals surface area contributed by atoms with Crippen molar-refractivity contribution in [1.29, 1.82) is 0 Å². The zero-order chi connectivity index (χ0) is 65.5. The van der Waals surface area contributed by atoms with E-state index in [1.54, 1.807) is 0 Å². The van der Waals surface area contributed by atoms with Gasteiger partial charge in [-0.15, -0.1) is 0 Å². The molecule has 0 fully saturated rings. The molecule has 2 unspecified atom stereocenters. The molecule has 0 aromatic rings. The van der Waals surface area contributed by atoms with Crippen molar-refractivity contribution >= 4 is 19.8 Å². The number of carbonyl (C=O) groups excluding carboxylic acids is 2. The maximum absolute atomic E-state index is 12.9. The Bertz CT molecular complexity index is 2130. The molecule has 0 N–H and O–H groups in total. The van der Waals surface area contributed by atoms with Crippen LogP contribution in [-0.4, -0.2) is 70.0 Å². The highest BCUT2D eigenvalue weighted by atomic mass is 31.2. The number of carbonyl (C=O) groups is 2. The summed E-state index contributed by atoms with van der Waals surface area (Å²) in [5.41, 5.74) is 0. The predicted molar refractivity (Wildman–Crippen MR) is 387 cm³/mol. The standard InChI is InChI=1S/C80H132NO8P/c1-6-8-10-12-14-16-18-20-22-24-26-28-30-32-34-36-38-39-40-41-43-44-46-48-50-52-54-56-58-60-62-64-66-68-70-72-79(82)86-76-78(77-88-90(84,85)87-75-74-81(3,4)5)89-80(83)73-71-69-67-65-63-61-59-57-55-53-51-49-47-45-42-37-35-33-31-29-27-25-23-21-19-17-15-13-11-9-7-2/h8-11,14-17,20-23,26-29,32-35,42,45,49,51,55,57,61,63,78H,6-7,12-13,18-19,24-25,30-31,36-41,43-44,46-48,50,52-54,56,58-60,62,64-77H2,1-5H3/b10-8-,11-9-,16-14-,17-15-,22-20-,23-21-,28-26-,29-27-,34-32-,35-33-,45-42-,51-49-,57-55-,63-61-. The molecule has 0 bridgehead atoms. The van der Waals surface area contributed by atoms with Gasteiger partial charge >= 0.3 is 11.9 Å². The van der Waals surface area contributed by atoms with Gasteiger partial charge in [0, 0.05) is 12.8 Å². The third-order valence-corrected chi connectivity index (χ3v) is 15.7. The van der Waals surface area contributed by atoms with Gasteiger partial charge in [0.1, 0.15) is 19.8 Å². The van der Waals surface area contributed by atoms with Crippen LogP contribution >= 0.6 is 7.82 Å². The highest BCUT2D eigenvalue weighted by Gasteiger charge is 2.22. The van der Waals surface area contributed by atoms with Crippen molar-refractivity contribution in [3.8, 4) is 0 Å². The summed E-state index contributed by atoms with van der Waals surface area (Å²) in [4.78, 5) is 38.1. The van der Waals surface area contributed by atoms with Gasteiger partial charge in [0.15, 0.2) is 6.10 Å². The van der Waals surface area contributed by atoms with Crippen LogP contribution in [0.1, 0.15) is 271 Å². The van der Waals surface area contributed by atoms with E-state index in [0.717, 1.165) is 128 Å². The van der Waals surface area contributed by atoms with E-state index in [0.29, 0.717) is 17.4 Å². The van der Waals surface area contributed by atoms with Gasteiger partial charge in [0.05, 0.1) is 27.7 Å². The van der Waals surface area contributed by atoms with E-state index in [4.69, 9.17) is 18.5 Å². The molecule has 0 aliphatic rings. The summed E-state index contributed by atoms with van der Waals surface area (Å²) in [5, 5.41) is 0. The molecule has 9 nitrogen and oxygen atoms in total. The number of rotatable bonds is 64. The maximum Gasteiger partial charge on any atom is 0.306 e. The summed E-state index contributed by atoms with van der Waals surface area (Å²) in [5.74, 6) is -0.877. The first-order valence-electron chi connectivity index (χ1n) is 35.8. The molecule has 0 aromatic heterocycles. The molecular weight excluding hydrogens is 1130 g/mol. The van der Waals surface area contributed by atoms with Crippen LogP contribution in [-0.2, 0) is 32.7 Å². The normalized spacial score (nSPS) is 14.2. The van der Waals surface area contributed by atoms with Crippen LogP contribution in [0.4, 0.5) is 0 Å². The van der Waals surface area contributed by atoms with Crippen LogP contribution in [0.5, 0.6) is 0 Å². The second-order valence-corrected chi connectivity index (χ2v) is 25.9. The van der Waals surface area contributed by atoms with Crippen LogP contribution in [0.25, 0.3) is 0 Å². The molecule has 0 saturated carbocycles. The Balaban J connectivity index is 4.12. The monoisotopic (exact) mass is 1270 g/mol. The number of hydrogen-bond donors (Lipinski definition) is 0. The van der Waals surface area contributed by atoms with Gasteiger partial charge in [-0.3, -0.25) is 14.2 Å². The lowest BCUT2D eigenvalue weighted by molar-refractivity contribution is -0.870. The number of esters is 2. The number of likely N-dealkylation sites (N-methyl/N-ethyl adjacent to an activating group) is 1. The van der Waals surface area contributed by atoms with Crippen LogP contribution in [0.2, 0.25) is 0 Å². The number of unbranched alkanes of at least 4 members (excludes halogenated alkanes) is 22. The van der Waals surface area contributed by atoms with Gasteiger partial charge in [-0.2, -0.15) is 0 Å². The van der Waals surface area contributed by atoms with Gasteiger partial charge in [-0.05, 0) is 128 Å². The molecule has 0 amide bonds. The molecule has 10 heteroatoms. The summed E-state index contributed by atoms with van der Waals surface area (Å²) in [6, 6.07) is 0. The lowest BCUT2D eigenvalue weighted by Gasteiger charge is -2.28. The average Bonchev–Trinajstić information content (AvgIpc) is 3.58. The molecule has 0 aliphatic carbocycles. The number of phosphoric ester groups is 1. The minimum absolute atomic E-state index is 0.0456. The second kappa shape index (κ2) is 68.7. The van der Waals surface area contributed by atoms with E-state index in [1.165, 1.54) is 109 Å². The Labute approximate surface area is 553 Å². The molecule has 0 heterocycles. The zero-order valence-corrected chi connectivity index (χ0v) is 58.9. The average molecular weight is 1270 g/mol. The molecule has 0 rings (SSSR count). The van der Waals surface area contributed by atoms with Crippen molar-refractivity contribution in [3.63, 3.8) is 0 Å². The van der Waals surface area contributed by atoms with E-state index in [-0.39, 0.29) is 26.1 Å². The summed E-state index contributed by atoms with van der Waals surface area (Å²) in [6.45, 7) is 3.97. The van der Waals surface area contributed by atoms with E-state index < -0.39 is 32.5 Å². The Morgan fingerprint density at radius 2 is 0.600 bits per heavy atom. The van der Waals surface area contributed by atoms with Gasteiger partial charge < -0.3 is 27.9 Å². The molecule has 90 heavy (non-hydrogen) atoms. The molecule has 0 aliphatic heterocycles. The number of hydrogen-bond acceptors (Lipinski definition) is 8. The zero-order valence-electron chi connectivity index (χ0n) is 58.0. The highest BCUT2D eigenvalue weighted by Crippen LogP contribution is 2.38. The Hall–Kier alpha value is -4.63. The first-order valence-corrected chi connectivity index (χ1v) is 37.3. The van der Waals surface area contributed by atoms with Crippen molar-refractivity contribution in [2.24, 2.45) is 0 Å². The third kappa shape index (κ3) is 72.4. The fraction of sp³-hybridized carbons (Fsp3) is 0.625. The van der Waals surface area contributed by atoms with Crippen LogP contribution in [0, 0.1) is 0 Å². The van der Waals surface area contributed by atoms with Gasteiger partial charge in [0.25, 0.3) is 7.82 Å². The molecule has 2 atom stereocenters. The molecule has 0 spiro atoms. The molecular formula is C80H132NO8P. The van der Waals surface area contributed by atoms with Crippen molar-refractivity contribution < 1.29 is 42.1 Å². The van der Waals surface area contributed by atoms with Gasteiger partial charge in [-0.25, -0.2) is 0 Å². The first-order chi connectivity index (χ1) is 44.0. The summed E-state index contributed by atoms with van der Waals surface area (Å²) in [7, 11) is 1.13. The van der Waals surface area contributed by atoms with Crippen LogP contribution in [0.15, 0.2) is 170 Å². The van der Waals surface area contributed by atoms with E-state index in [2.05, 4.69) is 184 Å². The summed E-state index contributed by atoms with van der Waals surface area (Å²) < 4.78 is 34.3. The van der Waals surface area contributed by atoms with Crippen LogP contribution in [0.3, 0.4) is 0 Å². The minimum atomic E-state index is -4.66. The van der Waals surface area contributed by atoms with E-state index >= 15 is 0 Å². The number of phosphoric acid groups is 1. The van der Waals surface area contributed by atoms with E-state index in [9.17, 15) is 19.0 Å². The van der Waals surface area contributed by atoms with Crippen molar-refractivity contribution in [2.45, 2.75) is 277 Å². The van der Waals surface area contributed by atoms with Crippen LogP contribution < -0.4 is 4.89 Å². The van der Waals surface area contributed by atoms with Gasteiger partial charge in [-0.1, -0.05) is 300 Å². The topological polar surface area (TPSA) is 111 Å². The van der Waals surface area contributed by atoms with Gasteiger partial charge in [0.2, 0.25) is 0 Å².